The van der Waals surface area contributed by atoms with Crippen molar-refractivity contribution < 1.29 is 31.5 Å². The molecule has 3 rings (SSSR count). The van der Waals surface area contributed by atoms with Gasteiger partial charge >= 0.3 is 5.97 Å². The third kappa shape index (κ3) is 4.56. The van der Waals surface area contributed by atoms with E-state index < -0.39 is 40.8 Å². The molecule has 1 unspecified atom stereocenters. The second-order valence-corrected chi connectivity index (χ2v) is 8.17. The van der Waals surface area contributed by atoms with Crippen molar-refractivity contribution in [3.63, 3.8) is 0 Å². The highest BCUT2D eigenvalue weighted by Crippen LogP contribution is 2.32. The minimum absolute atomic E-state index is 0.110. The fraction of sp³-hybridized carbons (Fsp3) is 0.474. The lowest BCUT2D eigenvalue weighted by atomic mass is 10.0. The van der Waals surface area contributed by atoms with E-state index in [-0.39, 0.29) is 10.7 Å². The van der Waals surface area contributed by atoms with Crippen molar-refractivity contribution in [1.82, 2.24) is 9.88 Å². The van der Waals surface area contributed by atoms with Gasteiger partial charge in [-0.15, -0.1) is 11.3 Å². The molecule has 2 aromatic rings. The van der Waals surface area contributed by atoms with Gasteiger partial charge in [0.15, 0.2) is 10.7 Å². The maximum atomic E-state index is 13.8. The van der Waals surface area contributed by atoms with E-state index in [9.17, 15) is 26.7 Å². The van der Waals surface area contributed by atoms with Crippen LogP contribution in [0.4, 0.5) is 27.8 Å². The normalized spacial score (nSPS) is 17.2. The van der Waals surface area contributed by atoms with Gasteiger partial charge < -0.3 is 10.1 Å². The molecule has 1 aliphatic heterocycles. The topological polar surface area (TPSA) is 54.5 Å². The zero-order valence-electron chi connectivity index (χ0n) is 16.3. The van der Waals surface area contributed by atoms with Crippen LogP contribution in [-0.2, 0) is 6.54 Å². The molecule has 0 spiro atoms. The molecule has 1 fully saturated rings. The summed E-state index contributed by atoms with van der Waals surface area (Å²) in [4.78, 5) is 18.9. The van der Waals surface area contributed by atoms with E-state index in [4.69, 9.17) is 0 Å². The fourth-order valence-corrected chi connectivity index (χ4v) is 4.25. The third-order valence-electron chi connectivity index (χ3n) is 4.67. The molecule has 0 aliphatic carbocycles. The van der Waals surface area contributed by atoms with Gasteiger partial charge in [-0.3, -0.25) is 4.90 Å². The highest BCUT2D eigenvalue weighted by molar-refractivity contribution is 7.14. The Hall–Kier alpha value is -2.27. The van der Waals surface area contributed by atoms with Crippen LogP contribution in [0.2, 0.25) is 0 Å². The molecular formula is C19H20F5N3O2S. The Morgan fingerprint density at radius 3 is 2.40 bits per heavy atom. The molecule has 164 valence electrons. The number of carbonyl (C=O) groups excluding carboxylic acids is 1. The number of esters is 1. The summed E-state index contributed by atoms with van der Waals surface area (Å²) in [5.74, 6) is -13.4. The van der Waals surface area contributed by atoms with Crippen LogP contribution in [0, 0.1) is 35.0 Å². The summed E-state index contributed by atoms with van der Waals surface area (Å²) in [6.45, 7) is 6.52. The smallest absolute Gasteiger partial charge is 0.357 e. The second kappa shape index (κ2) is 9.25. The van der Waals surface area contributed by atoms with Crippen LogP contribution in [0.5, 0.6) is 5.75 Å². The summed E-state index contributed by atoms with van der Waals surface area (Å²) < 4.78 is 72.2. The molecule has 1 aromatic heterocycles. The summed E-state index contributed by atoms with van der Waals surface area (Å²) in [6.07, 6.45) is 2.18. The molecule has 1 atom stereocenters. The molecule has 1 N–H and O–H groups in total. The maximum Gasteiger partial charge on any atom is 0.357 e. The first-order valence-electron chi connectivity index (χ1n) is 9.42. The van der Waals surface area contributed by atoms with Crippen LogP contribution in [0.15, 0.2) is 0 Å². The molecule has 1 aliphatic rings. The minimum Gasteiger partial charge on any atom is -0.416 e. The Morgan fingerprint density at radius 1 is 1.17 bits per heavy atom. The van der Waals surface area contributed by atoms with E-state index in [1.165, 1.54) is 0 Å². The van der Waals surface area contributed by atoms with Gasteiger partial charge in [0, 0.05) is 13.1 Å². The van der Waals surface area contributed by atoms with Gasteiger partial charge in [-0.1, -0.05) is 6.92 Å². The number of anilines is 1. The van der Waals surface area contributed by atoms with E-state index in [1.54, 1.807) is 6.92 Å². The van der Waals surface area contributed by atoms with Crippen molar-refractivity contribution in [2.75, 3.05) is 25.0 Å². The van der Waals surface area contributed by atoms with Crippen molar-refractivity contribution >= 4 is 23.1 Å². The van der Waals surface area contributed by atoms with E-state index in [0.717, 1.165) is 37.3 Å². The number of likely N-dealkylation sites (tertiary alicyclic amines) is 1. The first-order valence-corrected chi connectivity index (χ1v) is 10.2. The molecule has 0 radical (unpaired) electrons. The van der Waals surface area contributed by atoms with Crippen molar-refractivity contribution in [3.05, 3.63) is 39.0 Å². The summed E-state index contributed by atoms with van der Waals surface area (Å²) in [5, 5.41) is 3.43. The first kappa shape index (κ1) is 22.4. The number of benzene rings is 1. The summed E-state index contributed by atoms with van der Waals surface area (Å²) >= 11 is 0.949. The Balaban J connectivity index is 1.86. The maximum absolute atomic E-state index is 13.8. The number of hydrogen-bond donors (Lipinski definition) is 1. The SMILES string of the molecule is CCNc1nc(CN2CCCC(C)C2)sc1C(=O)Oc1c(F)c(F)c(F)c(F)c1F. The van der Waals surface area contributed by atoms with Gasteiger partial charge in [-0.05, 0) is 32.2 Å². The Morgan fingerprint density at radius 2 is 1.80 bits per heavy atom. The number of aromatic nitrogens is 1. The van der Waals surface area contributed by atoms with Crippen LogP contribution < -0.4 is 10.1 Å². The molecule has 5 nitrogen and oxygen atoms in total. The molecule has 0 saturated carbocycles. The lowest BCUT2D eigenvalue weighted by Gasteiger charge is -2.29. The van der Waals surface area contributed by atoms with Crippen molar-refractivity contribution in [2.45, 2.75) is 33.2 Å². The van der Waals surface area contributed by atoms with Gasteiger partial charge in [-0.25, -0.2) is 22.9 Å². The zero-order chi connectivity index (χ0) is 22.0. The molecule has 1 saturated heterocycles. The number of thiazole rings is 1. The van der Waals surface area contributed by atoms with E-state index in [0.29, 0.717) is 24.0 Å². The highest BCUT2D eigenvalue weighted by atomic mass is 32.1. The second-order valence-electron chi connectivity index (χ2n) is 7.09. The Labute approximate surface area is 173 Å². The van der Waals surface area contributed by atoms with Crippen LogP contribution in [0.25, 0.3) is 0 Å². The van der Waals surface area contributed by atoms with Crippen LogP contribution in [0.1, 0.15) is 41.4 Å². The van der Waals surface area contributed by atoms with Gasteiger partial charge in [-0.2, -0.15) is 8.78 Å². The van der Waals surface area contributed by atoms with Crippen LogP contribution in [0.3, 0.4) is 0 Å². The number of piperidine rings is 1. The number of nitrogens with zero attached hydrogens (tertiary/aromatic N) is 2. The van der Waals surface area contributed by atoms with Crippen molar-refractivity contribution in [2.24, 2.45) is 5.92 Å². The predicted molar refractivity (Wildman–Crippen MR) is 101 cm³/mol. The minimum atomic E-state index is -2.33. The number of halogens is 5. The standard InChI is InChI=1S/C19H20F5N3O2S/c1-3-25-18-17(30-10(26-18)8-27-6-4-5-9(2)7-27)19(28)29-16-14(23)12(21)11(20)13(22)15(16)24/h9,25H,3-8H2,1-2H3. The number of hydrogen-bond acceptors (Lipinski definition) is 6. The van der Waals surface area contributed by atoms with E-state index >= 15 is 0 Å². The van der Waals surface area contributed by atoms with Crippen LogP contribution >= 0.6 is 11.3 Å². The van der Waals surface area contributed by atoms with Gasteiger partial charge in [0.25, 0.3) is 0 Å². The number of carbonyl (C=O) groups is 1. The lowest BCUT2D eigenvalue weighted by Crippen LogP contribution is -2.33. The quantitative estimate of drug-likeness (QED) is 0.227. The molecule has 11 heteroatoms. The largest absolute Gasteiger partial charge is 0.416 e. The molecule has 2 heterocycles. The van der Waals surface area contributed by atoms with Gasteiger partial charge in [0.2, 0.25) is 34.8 Å². The predicted octanol–water partition coefficient (Wildman–Crippen LogP) is 4.72. The summed E-state index contributed by atoms with van der Waals surface area (Å²) in [7, 11) is 0. The van der Waals surface area contributed by atoms with E-state index in [1.807, 2.05) is 0 Å². The number of ether oxygens (including phenoxy) is 1. The monoisotopic (exact) mass is 449 g/mol. The third-order valence-corrected chi connectivity index (χ3v) is 5.69. The van der Waals surface area contributed by atoms with Gasteiger partial charge in [0.1, 0.15) is 5.01 Å². The zero-order valence-corrected chi connectivity index (χ0v) is 17.1. The first-order chi connectivity index (χ1) is 14.2. The number of rotatable bonds is 6. The van der Waals surface area contributed by atoms with E-state index in [2.05, 4.69) is 26.9 Å². The van der Waals surface area contributed by atoms with Gasteiger partial charge in [0.05, 0.1) is 6.54 Å². The van der Waals surface area contributed by atoms with Crippen molar-refractivity contribution in [1.29, 1.82) is 0 Å². The van der Waals surface area contributed by atoms with Crippen molar-refractivity contribution in [3.8, 4) is 5.75 Å². The average Bonchev–Trinajstić information content (AvgIpc) is 3.10. The summed E-state index contributed by atoms with van der Waals surface area (Å²) in [5.41, 5.74) is 0. The molecular weight excluding hydrogens is 429 g/mol. The van der Waals surface area contributed by atoms with Crippen LogP contribution in [-0.4, -0.2) is 35.5 Å². The molecule has 30 heavy (non-hydrogen) atoms. The molecule has 0 bridgehead atoms. The highest BCUT2D eigenvalue weighted by Gasteiger charge is 2.30. The number of nitrogens with one attached hydrogen (secondary N) is 1. The average molecular weight is 449 g/mol. The lowest BCUT2D eigenvalue weighted by molar-refractivity contribution is 0.0722. The Kier molecular flexibility index (Phi) is 6.91. The fourth-order valence-electron chi connectivity index (χ4n) is 3.29. The Bertz CT molecular complexity index is 924. The summed E-state index contributed by atoms with van der Waals surface area (Å²) in [6, 6.07) is 0. The molecule has 0 amide bonds. The molecule has 1 aromatic carbocycles.